The number of nitrogens with zero attached hydrogens (tertiary/aromatic N) is 1. The predicted molar refractivity (Wildman–Crippen MR) is 93.6 cm³/mol. The van der Waals surface area contributed by atoms with Crippen molar-refractivity contribution in [1.82, 2.24) is 10.2 Å². The van der Waals surface area contributed by atoms with Gasteiger partial charge in [-0.25, -0.2) is 4.79 Å². The van der Waals surface area contributed by atoms with Crippen LogP contribution in [-0.4, -0.2) is 31.1 Å². The first-order valence-corrected chi connectivity index (χ1v) is 8.63. The van der Waals surface area contributed by atoms with Gasteiger partial charge in [0.2, 0.25) is 0 Å². The zero-order valence-electron chi connectivity index (χ0n) is 12.6. The van der Waals surface area contributed by atoms with E-state index in [0.717, 1.165) is 15.1 Å². The number of urea groups is 1. The van der Waals surface area contributed by atoms with E-state index >= 15 is 0 Å². The molecule has 1 N–H and O–H groups in total. The lowest BCUT2D eigenvalue weighted by Crippen LogP contribution is -2.38. The zero-order valence-corrected chi connectivity index (χ0v) is 15.0. The molecule has 0 saturated heterocycles. The molecule has 0 aliphatic rings. The van der Waals surface area contributed by atoms with Crippen molar-refractivity contribution in [2.45, 2.75) is 13.5 Å². The number of aryl methyl sites for hydroxylation is 1. The molecule has 0 bridgehead atoms. The Kier molecular flexibility index (Phi) is 6.27. The number of thiophene rings is 1. The van der Waals surface area contributed by atoms with Gasteiger partial charge in [-0.1, -0.05) is 17.7 Å². The minimum absolute atomic E-state index is 0.1000. The molecule has 22 heavy (non-hydrogen) atoms. The highest BCUT2D eigenvalue weighted by atomic mass is 79.9. The van der Waals surface area contributed by atoms with E-state index in [2.05, 4.69) is 21.2 Å². The van der Waals surface area contributed by atoms with Crippen LogP contribution >= 0.6 is 27.3 Å². The summed E-state index contributed by atoms with van der Waals surface area (Å²) in [6.07, 6.45) is 0. The van der Waals surface area contributed by atoms with Gasteiger partial charge in [-0.3, -0.25) is 0 Å². The van der Waals surface area contributed by atoms with E-state index in [0.29, 0.717) is 19.7 Å². The number of ether oxygens (including phenoxy) is 1. The molecule has 2 rings (SSSR count). The molecule has 0 aliphatic heterocycles. The molecule has 1 heterocycles. The molecule has 0 aliphatic carbocycles. The van der Waals surface area contributed by atoms with Gasteiger partial charge in [-0.15, -0.1) is 11.3 Å². The lowest BCUT2D eigenvalue weighted by atomic mass is 10.2. The second kappa shape index (κ2) is 8.19. The van der Waals surface area contributed by atoms with Gasteiger partial charge in [0.25, 0.3) is 0 Å². The van der Waals surface area contributed by atoms with Gasteiger partial charge < -0.3 is 15.0 Å². The number of carbonyl (C=O) groups excluding carboxylic acids is 1. The van der Waals surface area contributed by atoms with Crippen molar-refractivity contribution >= 4 is 33.3 Å². The topological polar surface area (TPSA) is 41.6 Å². The molecule has 0 unspecified atom stereocenters. The maximum absolute atomic E-state index is 12.0. The highest BCUT2D eigenvalue weighted by Gasteiger charge is 2.09. The molecule has 4 nitrogen and oxygen atoms in total. The first-order valence-electron chi connectivity index (χ1n) is 6.96. The van der Waals surface area contributed by atoms with Gasteiger partial charge in [0, 0.05) is 21.8 Å². The summed E-state index contributed by atoms with van der Waals surface area (Å²) in [6, 6.07) is 9.78. The third-order valence-corrected chi connectivity index (χ3v) is 4.71. The summed E-state index contributed by atoms with van der Waals surface area (Å²) >= 11 is 5.04. The van der Waals surface area contributed by atoms with Crippen LogP contribution in [0, 0.1) is 6.92 Å². The Labute approximate surface area is 143 Å². The van der Waals surface area contributed by atoms with Crippen LogP contribution in [-0.2, 0) is 6.54 Å². The van der Waals surface area contributed by atoms with Crippen LogP contribution in [0.3, 0.4) is 0 Å². The van der Waals surface area contributed by atoms with Gasteiger partial charge in [0.15, 0.2) is 0 Å². The highest BCUT2D eigenvalue weighted by Crippen LogP contribution is 2.20. The number of amides is 2. The normalized spacial score (nSPS) is 10.3. The molecule has 6 heteroatoms. The van der Waals surface area contributed by atoms with Crippen LogP contribution in [0.1, 0.15) is 10.4 Å². The molecule has 0 fully saturated rings. The van der Waals surface area contributed by atoms with E-state index in [1.165, 1.54) is 5.56 Å². The Hall–Kier alpha value is -1.53. The van der Waals surface area contributed by atoms with Crippen LogP contribution < -0.4 is 10.1 Å². The van der Waals surface area contributed by atoms with E-state index in [4.69, 9.17) is 4.74 Å². The monoisotopic (exact) mass is 382 g/mol. The number of benzene rings is 1. The maximum atomic E-state index is 12.0. The van der Waals surface area contributed by atoms with Crippen LogP contribution in [0.25, 0.3) is 0 Å². The largest absolute Gasteiger partial charge is 0.492 e. The Morgan fingerprint density at radius 2 is 2.09 bits per heavy atom. The zero-order chi connectivity index (χ0) is 15.9. The van der Waals surface area contributed by atoms with Gasteiger partial charge >= 0.3 is 6.03 Å². The van der Waals surface area contributed by atoms with Crippen molar-refractivity contribution in [3.8, 4) is 5.75 Å². The van der Waals surface area contributed by atoms with E-state index in [-0.39, 0.29) is 6.03 Å². The predicted octanol–water partition coefficient (Wildman–Crippen LogP) is 4.04. The van der Waals surface area contributed by atoms with E-state index in [9.17, 15) is 4.79 Å². The number of halogens is 1. The standard InChI is InChI=1S/C16H19BrN2O2S/c1-12-3-5-14(6-4-12)21-8-7-18-16(20)19(2)10-15-9-13(17)11-22-15/h3-6,9,11H,7-8,10H2,1-2H3,(H,18,20). The first-order chi connectivity index (χ1) is 10.5. The minimum Gasteiger partial charge on any atom is -0.492 e. The molecule has 2 amide bonds. The SMILES string of the molecule is Cc1ccc(OCCNC(=O)N(C)Cc2cc(Br)cs2)cc1. The fourth-order valence-corrected chi connectivity index (χ4v) is 3.34. The summed E-state index contributed by atoms with van der Waals surface area (Å²) in [6.45, 7) is 3.56. The number of rotatable bonds is 6. The van der Waals surface area contributed by atoms with Gasteiger partial charge in [0.05, 0.1) is 13.1 Å². The van der Waals surface area contributed by atoms with Crippen LogP contribution in [0.4, 0.5) is 4.79 Å². The molecule has 0 radical (unpaired) electrons. The lowest BCUT2D eigenvalue weighted by Gasteiger charge is -2.17. The van der Waals surface area contributed by atoms with Crippen molar-refractivity contribution in [2.24, 2.45) is 0 Å². The molecule has 1 aromatic carbocycles. The number of hydrogen-bond acceptors (Lipinski definition) is 3. The second-order valence-electron chi connectivity index (χ2n) is 4.98. The maximum Gasteiger partial charge on any atom is 0.317 e. The third kappa shape index (κ3) is 5.35. The van der Waals surface area contributed by atoms with Crippen molar-refractivity contribution in [3.63, 3.8) is 0 Å². The molecule has 118 valence electrons. The van der Waals surface area contributed by atoms with Crippen molar-refractivity contribution < 1.29 is 9.53 Å². The number of carbonyl (C=O) groups is 1. The Morgan fingerprint density at radius 1 is 1.36 bits per heavy atom. The second-order valence-corrected chi connectivity index (χ2v) is 6.89. The summed E-state index contributed by atoms with van der Waals surface area (Å²) in [5.41, 5.74) is 1.20. The molecule has 2 aromatic rings. The fourth-order valence-electron chi connectivity index (χ4n) is 1.84. The smallest absolute Gasteiger partial charge is 0.317 e. The molecule has 1 aromatic heterocycles. The van der Waals surface area contributed by atoms with Crippen molar-refractivity contribution in [2.75, 3.05) is 20.2 Å². The minimum atomic E-state index is -0.1000. The van der Waals surface area contributed by atoms with E-state index < -0.39 is 0 Å². The average molecular weight is 383 g/mol. The average Bonchev–Trinajstić information content (AvgIpc) is 2.90. The summed E-state index contributed by atoms with van der Waals surface area (Å²) in [4.78, 5) is 14.8. The summed E-state index contributed by atoms with van der Waals surface area (Å²) in [5, 5.41) is 4.86. The third-order valence-electron chi connectivity index (χ3n) is 3.03. The fraction of sp³-hybridized carbons (Fsp3) is 0.312. The Balaban J connectivity index is 1.67. The first kappa shape index (κ1) is 16.8. The number of nitrogens with one attached hydrogen (secondary N) is 1. The molecular weight excluding hydrogens is 364 g/mol. The Bertz CT molecular complexity index is 613. The van der Waals surface area contributed by atoms with Gasteiger partial charge in [0.1, 0.15) is 12.4 Å². The summed E-state index contributed by atoms with van der Waals surface area (Å²) in [7, 11) is 1.78. The van der Waals surface area contributed by atoms with Gasteiger partial charge in [-0.05, 0) is 41.1 Å². The number of hydrogen-bond donors (Lipinski definition) is 1. The van der Waals surface area contributed by atoms with Crippen molar-refractivity contribution in [3.05, 3.63) is 50.6 Å². The quantitative estimate of drug-likeness (QED) is 0.765. The van der Waals surface area contributed by atoms with Gasteiger partial charge in [-0.2, -0.15) is 0 Å². The molecule has 0 spiro atoms. The van der Waals surface area contributed by atoms with E-state index in [1.54, 1.807) is 23.3 Å². The highest BCUT2D eigenvalue weighted by molar-refractivity contribution is 9.10. The van der Waals surface area contributed by atoms with Crippen molar-refractivity contribution in [1.29, 1.82) is 0 Å². The van der Waals surface area contributed by atoms with Crippen LogP contribution in [0.15, 0.2) is 40.2 Å². The van der Waals surface area contributed by atoms with Crippen LogP contribution in [0.5, 0.6) is 5.75 Å². The molecule has 0 atom stereocenters. The molecular formula is C16H19BrN2O2S. The Morgan fingerprint density at radius 3 is 2.73 bits per heavy atom. The van der Waals surface area contributed by atoms with E-state index in [1.807, 2.05) is 42.6 Å². The molecule has 0 saturated carbocycles. The van der Waals surface area contributed by atoms with Crippen LogP contribution in [0.2, 0.25) is 0 Å². The summed E-state index contributed by atoms with van der Waals surface area (Å²) < 4.78 is 6.62. The summed E-state index contributed by atoms with van der Waals surface area (Å²) in [5.74, 6) is 0.816. The lowest BCUT2D eigenvalue weighted by molar-refractivity contribution is 0.204.